The van der Waals surface area contributed by atoms with Gasteiger partial charge in [-0.15, -0.1) is 0 Å². The third-order valence-corrected chi connectivity index (χ3v) is 8.70. The number of hydrogen-bond acceptors (Lipinski definition) is 5. The van der Waals surface area contributed by atoms with Crippen LogP contribution in [-0.2, 0) is 19.6 Å². The van der Waals surface area contributed by atoms with Crippen LogP contribution in [0.4, 0.5) is 11.4 Å². The Morgan fingerprint density at radius 1 is 1.00 bits per heavy atom. The largest absolute Gasteiger partial charge is 0.378 e. The zero-order valence-corrected chi connectivity index (χ0v) is 19.2. The number of sulfonamides is 1. The number of anilines is 2. The minimum Gasteiger partial charge on any atom is -0.378 e. The van der Waals surface area contributed by atoms with E-state index in [0.29, 0.717) is 44.3 Å². The summed E-state index contributed by atoms with van der Waals surface area (Å²) in [5.74, 6) is 0.615. The molecule has 172 valence electrons. The Bertz CT molecular complexity index is 856. The van der Waals surface area contributed by atoms with Crippen molar-refractivity contribution in [3.63, 3.8) is 0 Å². The summed E-state index contributed by atoms with van der Waals surface area (Å²) >= 11 is 0. The molecule has 1 saturated carbocycles. The van der Waals surface area contributed by atoms with Gasteiger partial charge in [0.1, 0.15) is 0 Å². The average Bonchev–Trinajstić information content (AvgIpc) is 3.33. The number of hydrogen-bond donors (Lipinski definition) is 1. The molecule has 1 aromatic rings. The minimum absolute atomic E-state index is 0.0334. The maximum absolute atomic E-state index is 13.2. The lowest BCUT2D eigenvalue weighted by Crippen LogP contribution is -2.37. The maximum atomic E-state index is 13.2. The van der Waals surface area contributed by atoms with Crippen LogP contribution >= 0.6 is 0 Å². The molecule has 0 spiro atoms. The molecular formula is C23H35N3O4S. The van der Waals surface area contributed by atoms with Crippen LogP contribution in [0.5, 0.6) is 0 Å². The molecule has 0 aromatic heterocycles. The highest BCUT2D eigenvalue weighted by Gasteiger charge is 2.28. The van der Waals surface area contributed by atoms with E-state index in [9.17, 15) is 13.2 Å². The van der Waals surface area contributed by atoms with E-state index in [1.165, 1.54) is 25.7 Å². The molecule has 1 amide bonds. The van der Waals surface area contributed by atoms with Gasteiger partial charge >= 0.3 is 0 Å². The van der Waals surface area contributed by atoms with Gasteiger partial charge in [-0.2, -0.15) is 4.31 Å². The maximum Gasteiger partial charge on any atom is 0.243 e. The Balaban J connectivity index is 1.54. The summed E-state index contributed by atoms with van der Waals surface area (Å²) in [6, 6.07) is 5.18. The number of nitrogens with zero attached hydrogens (tertiary/aromatic N) is 2. The molecule has 1 N–H and O–H groups in total. The minimum atomic E-state index is -3.55. The zero-order chi connectivity index (χ0) is 21.7. The second kappa shape index (κ2) is 10.3. The molecule has 1 aromatic carbocycles. The highest BCUT2D eigenvalue weighted by Crippen LogP contribution is 2.33. The van der Waals surface area contributed by atoms with E-state index in [2.05, 4.69) is 10.2 Å². The molecule has 7 nitrogen and oxygen atoms in total. The third-order valence-electron chi connectivity index (χ3n) is 6.80. The molecule has 2 heterocycles. The molecule has 3 fully saturated rings. The number of rotatable bonds is 7. The Kier molecular flexibility index (Phi) is 7.51. The Labute approximate surface area is 186 Å². The van der Waals surface area contributed by atoms with Crippen LogP contribution in [-0.4, -0.2) is 58.0 Å². The van der Waals surface area contributed by atoms with E-state index in [0.717, 1.165) is 44.5 Å². The monoisotopic (exact) mass is 449 g/mol. The van der Waals surface area contributed by atoms with Gasteiger partial charge in [-0.3, -0.25) is 4.79 Å². The van der Waals surface area contributed by atoms with Crippen molar-refractivity contribution in [3.8, 4) is 0 Å². The second-order valence-electron chi connectivity index (χ2n) is 8.98. The summed E-state index contributed by atoms with van der Waals surface area (Å²) in [6.07, 6.45) is 9.23. The van der Waals surface area contributed by atoms with Gasteiger partial charge in [0.05, 0.1) is 29.5 Å². The molecule has 4 rings (SSSR count). The highest BCUT2D eigenvalue weighted by atomic mass is 32.2. The first-order valence-corrected chi connectivity index (χ1v) is 13.2. The molecule has 31 heavy (non-hydrogen) atoms. The Morgan fingerprint density at radius 3 is 2.42 bits per heavy atom. The van der Waals surface area contributed by atoms with Crippen molar-refractivity contribution in [2.45, 2.75) is 62.7 Å². The molecular weight excluding hydrogens is 414 g/mol. The van der Waals surface area contributed by atoms with Crippen molar-refractivity contribution in [2.75, 3.05) is 49.6 Å². The van der Waals surface area contributed by atoms with E-state index in [4.69, 9.17) is 4.74 Å². The number of amides is 1. The fourth-order valence-corrected chi connectivity index (χ4v) is 6.50. The molecule has 2 aliphatic heterocycles. The molecule has 2 saturated heterocycles. The molecule has 0 atom stereocenters. The van der Waals surface area contributed by atoms with Crippen LogP contribution in [0.15, 0.2) is 23.1 Å². The fraction of sp³-hybridized carbons (Fsp3) is 0.696. The number of morpholine rings is 1. The number of benzene rings is 1. The van der Waals surface area contributed by atoms with Crippen molar-refractivity contribution in [1.82, 2.24) is 4.31 Å². The quantitative estimate of drug-likeness (QED) is 0.688. The van der Waals surface area contributed by atoms with Gasteiger partial charge in [0.15, 0.2) is 0 Å². The second-order valence-corrected chi connectivity index (χ2v) is 10.9. The van der Waals surface area contributed by atoms with Gasteiger partial charge < -0.3 is 15.0 Å². The number of nitrogens with one attached hydrogen (secondary N) is 1. The molecule has 0 unspecified atom stereocenters. The van der Waals surface area contributed by atoms with E-state index >= 15 is 0 Å². The number of ether oxygens (including phenoxy) is 1. The first-order chi connectivity index (χ1) is 15.0. The van der Waals surface area contributed by atoms with Gasteiger partial charge in [0.25, 0.3) is 0 Å². The van der Waals surface area contributed by atoms with Crippen molar-refractivity contribution < 1.29 is 17.9 Å². The lowest BCUT2D eigenvalue weighted by molar-refractivity contribution is -0.116. The fourth-order valence-electron chi connectivity index (χ4n) is 4.96. The van der Waals surface area contributed by atoms with E-state index < -0.39 is 10.0 Å². The molecule has 3 aliphatic rings. The third kappa shape index (κ3) is 5.59. The SMILES string of the molecule is O=C(CCC1CCCC1)Nc1cc(S(=O)(=O)N2CCCCC2)ccc1N1CCOCC1. The van der Waals surface area contributed by atoms with Crippen molar-refractivity contribution >= 4 is 27.3 Å². The van der Waals surface area contributed by atoms with Gasteiger partial charge in [-0.05, 0) is 43.4 Å². The van der Waals surface area contributed by atoms with Crippen LogP contribution in [0.3, 0.4) is 0 Å². The summed E-state index contributed by atoms with van der Waals surface area (Å²) in [6.45, 7) is 3.84. The van der Waals surface area contributed by atoms with E-state index in [1.807, 2.05) is 6.07 Å². The van der Waals surface area contributed by atoms with Crippen LogP contribution in [0.2, 0.25) is 0 Å². The summed E-state index contributed by atoms with van der Waals surface area (Å²) in [4.78, 5) is 15.2. The Hall–Kier alpha value is -1.64. The standard InChI is InChI=1S/C23H35N3O4S/c27-23(11-8-19-6-2-3-7-19)24-21-18-20(31(28,29)26-12-4-1-5-13-26)9-10-22(21)25-14-16-30-17-15-25/h9-10,18-19H,1-8,11-17H2,(H,24,27). The van der Waals surface area contributed by atoms with Crippen LogP contribution in [0, 0.1) is 5.92 Å². The van der Waals surface area contributed by atoms with E-state index in [-0.39, 0.29) is 10.8 Å². The van der Waals surface area contributed by atoms with Gasteiger partial charge in [0, 0.05) is 32.6 Å². The van der Waals surface area contributed by atoms with E-state index in [1.54, 1.807) is 16.4 Å². The van der Waals surface area contributed by atoms with Gasteiger partial charge in [-0.1, -0.05) is 32.1 Å². The number of carbonyl (C=O) groups is 1. The predicted molar refractivity (Wildman–Crippen MR) is 122 cm³/mol. The molecule has 8 heteroatoms. The van der Waals surface area contributed by atoms with Crippen molar-refractivity contribution in [3.05, 3.63) is 18.2 Å². The van der Waals surface area contributed by atoms with Gasteiger partial charge in [0.2, 0.25) is 15.9 Å². The summed E-state index contributed by atoms with van der Waals surface area (Å²) in [5, 5.41) is 3.04. The van der Waals surface area contributed by atoms with Crippen molar-refractivity contribution in [2.24, 2.45) is 5.92 Å². The smallest absolute Gasteiger partial charge is 0.243 e. The molecule has 0 radical (unpaired) electrons. The summed E-state index contributed by atoms with van der Waals surface area (Å²) in [7, 11) is -3.55. The Morgan fingerprint density at radius 2 is 1.71 bits per heavy atom. The molecule has 0 bridgehead atoms. The predicted octanol–water partition coefficient (Wildman–Crippen LogP) is 3.61. The van der Waals surface area contributed by atoms with Gasteiger partial charge in [-0.25, -0.2) is 8.42 Å². The van der Waals surface area contributed by atoms with Crippen LogP contribution < -0.4 is 10.2 Å². The zero-order valence-electron chi connectivity index (χ0n) is 18.4. The summed E-state index contributed by atoms with van der Waals surface area (Å²) < 4.78 is 33.4. The topological polar surface area (TPSA) is 79.0 Å². The molecule has 1 aliphatic carbocycles. The van der Waals surface area contributed by atoms with Crippen LogP contribution in [0.25, 0.3) is 0 Å². The normalized spacial score (nSPS) is 21.4. The number of piperidine rings is 1. The first-order valence-electron chi connectivity index (χ1n) is 11.8. The number of carbonyl (C=O) groups excluding carboxylic acids is 1. The van der Waals surface area contributed by atoms with Crippen LogP contribution in [0.1, 0.15) is 57.8 Å². The van der Waals surface area contributed by atoms with Crippen molar-refractivity contribution in [1.29, 1.82) is 0 Å². The lowest BCUT2D eigenvalue weighted by Gasteiger charge is -2.31. The highest BCUT2D eigenvalue weighted by molar-refractivity contribution is 7.89. The lowest BCUT2D eigenvalue weighted by atomic mass is 10.0. The first kappa shape index (κ1) is 22.6. The average molecular weight is 450 g/mol. The summed E-state index contributed by atoms with van der Waals surface area (Å²) in [5.41, 5.74) is 1.46.